The molecule has 5 heterocycles. The van der Waals surface area contributed by atoms with Gasteiger partial charge in [0.15, 0.2) is 11.5 Å². The highest BCUT2D eigenvalue weighted by atomic mass is 32.2. The first-order chi connectivity index (χ1) is 18.9. The summed E-state index contributed by atoms with van der Waals surface area (Å²) in [5, 5.41) is 0. The number of piperazine rings is 1. The number of ether oxygens (including phenoxy) is 2. The van der Waals surface area contributed by atoms with Crippen LogP contribution < -0.4 is 19.9 Å². The molecule has 6 rings (SSSR count). The molecule has 1 amide bonds. The van der Waals surface area contributed by atoms with Crippen LogP contribution in [0.1, 0.15) is 16.7 Å². The van der Waals surface area contributed by atoms with E-state index >= 15 is 0 Å². The average Bonchev–Trinajstić information content (AvgIpc) is 3.50. The van der Waals surface area contributed by atoms with E-state index in [0.29, 0.717) is 45.9 Å². The first-order valence-electron chi connectivity index (χ1n) is 12.7. The highest BCUT2D eigenvalue weighted by Crippen LogP contribution is 2.34. The molecule has 3 aromatic rings. The van der Waals surface area contributed by atoms with E-state index in [-0.39, 0.29) is 18.3 Å². The van der Waals surface area contributed by atoms with E-state index < -0.39 is 0 Å². The molecule has 0 N–H and O–H groups in total. The minimum absolute atomic E-state index is 0.213. The molecule has 0 unspecified atom stereocenters. The highest BCUT2D eigenvalue weighted by Gasteiger charge is 2.32. The highest BCUT2D eigenvalue weighted by molar-refractivity contribution is 8.26. The van der Waals surface area contributed by atoms with Crippen molar-refractivity contribution in [1.82, 2.24) is 19.2 Å². The number of aryl methyl sites for hydroxylation is 1. The van der Waals surface area contributed by atoms with Gasteiger partial charge in [0, 0.05) is 45.5 Å². The van der Waals surface area contributed by atoms with Gasteiger partial charge in [0.05, 0.1) is 10.5 Å². The van der Waals surface area contributed by atoms with Crippen LogP contribution in [0.2, 0.25) is 0 Å². The van der Waals surface area contributed by atoms with Crippen LogP contribution in [0, 0.1) is 6.92 Å². The first-order valence-corrected chi connectivity index (χ1v) is 13.9. The SMILES string of the molecule is C=CCN1C(=O)C(=Cc2c(N3CCN(Cc4ccc5c(c4)OCO5)CC3)nc3ccc(C)cn3c2=O)SC1=S. The zero-order valence-electron chi connectivity index (χ0n) is 21.5. The average molecular weight is 562 g/mol. The van der Waals surface area contributed by atoms with Crippen LogP contribution >= 0.6 is 24.0 Å². The van der Waals surface area contributed by atoms with Gasteiger partial charge in [-0.2, -0.15) is 0 Å². The van der Waals surface area contributed by atoms with Gasteiger partial charge in [0.1, 0.15) is 15.8 Å². The van der Waals surface area contributed by atoms with Crippen molar-refractivity contribution >= 4 is 51.7 Å². The van der Waals surface area contributed by atoms with Crippen molar-refractivity contribution in [1.29, 1.82) is 0 Å². The Morgan fingerprint density at radius 2 is 1.90 bits per heavy atom. The monoisotopic (exact) mass is 561 g/mol. The molecule has 3 aliphatic rings. The summed E-state index contributed by atoms with van der Waals surface area (Å²) >= 11 is 6.60. The van der Waals surface area contributed by atoms with Gasteiger partial charge in [-0.15, -0.1) is 6.58 Å². The minimum Gasteiger partial charge on any atom is -0.454 e. The number of aromatic nitrogens is 2. The Hall–Kier alpha value is -3.67. The number of pyridine rings is 1. The van der Waals surface area contributed by atoms with Crippen molar-refractivity contribution in [2.24, 2.45) is 0 Å². The third kappa shape index (κ3) is 4.93. The normalized spacial score (nSPS) is 18.5. The van der Waals surface area contributed by atoms with Gasteiger partial charge in [-0.05, 0) is 42.3 Å². The molecule has 39 heavy (non-hydrogen) atoms. The van der Waals surface area contributed by atoms with Gasteiger partial charge < -0.3 is 14.4 Å². The second-order valence-electron chi connectivity index (χ2n) is 9.62. The number of amides is 1. The predicted octanol–water partition coefficient (Wildman–Crippen LogP) is 3.44. The predicted molar refractivity (Wildman–Crippen MR) is 156 cm³/mol. The number of thiocarbonyl (C=S) groups is 1. The standard InChI is InChI=1S/C28H27N5O4S2/c1-3-8-32-27(35)23(39-28(32)38)14-20-25(29-24-7-4-18(2)15-33(24)26(20)34)31-11-9-30(10-12-31)16-19-5-6-21-22(13-19)37-17-36-21/h3-7,13-15H,1,8-12,16-17H2,2H3. The third-order valence-corrected chi connectivity index (χ3v) is 8.34. The summed E-state index contributed by atoms with van der Waals surface area (Å²) < 4.78 is 12.9. The number of anilines is 1. The number of rotatable bonds is 6. The summed E-state index contributed by atoms with van der Waals surface area (Å²) in [6, 6.07) is 9.84. The lowest BCUT2D eigenvalue weighted by atomic mass is 10.1. The van der Waals surface area contributed by atoms with Crippen LogP contribution in [0.15, 0.2) is 58.9 Å². The van der Waals surface area contributed by atoms with Gasteiger partial charge in [0.2, 0.25) is 6.79 Å². The molecule has 200 valence electrons. The zero-order chi connectivity index (χ0) is 27.1. The van der Waals surface area contributed by atoms with E-state index in [1.165, 1.54) is 16.7 Å². The molecule has 0 atom stereocenters. The zero-order valence-corrected chi connectivity index (χ0v) is 23.1. The molecule has 2 fully saturated rings. The molecule has 2 saturated heterocycles. The summed E-state index contributed by atoms with van der Waals surface area (Å²) in [7, 11) is 0. The van der Waals surface area contributed by atoms with Gasteiger partial charge in [-0.1, -0.05) is 42.2 Å². The van der Waals surface area contributed by atoms with E-state index in [9.17, 15) is 9.59 Å². The molecule has 1 aromatic carbocycles. The fourth-order valence-electron chi connectivity index (χ4n) is 4.95. The Morgan fingerprint density at radius 3 is 2.69 bits per heavy atom. The number of carbonyl (C=O) groups is 1. The summed E-state index contributed by atoms with van der Waals surface area (Å²) in [4.78, 5) is 38.1. The largest absolute Gasteiger partial charge is 0.454 e. The molecule has 9 nitrogen and oxygen atoms in total. The number of nitrogens with zero attached hydrogens (tertiary/aromatic N) is 5. The van der Waals surface area contributed by atoms with Crippen molar-refractivity contribution in [2.45, 2.75) is 13.5 Å². The molecule has 0 saturated carbocycles. The molecule has 3 aliphatic heterocycles. The van der Waals surface area contributed by atoms with Crippen molar-refractivity contribution in [2.75, 3.05) is 44.4 Å². The fraction of sp³-hybridized carbons (Fsp3) is 0.286. The number of hydrogen-bond acceptors (Lipinski definition) is 9. The summed E-state index contributed by atoms with van der Waals surface area (Å²) in [5.74, 6) is 1.92. The maximum atomic E-state index is 13.8. The van der Waals surface area contributed by atoms with Crippen LogP contribution in [0.25, 0.3) is 11.7 Å². The van der Waals surface area contributed by atoms with E-state index in [1.807, 2.05) is 31.2 Å². The smallest absolute Gasteiger partial charge is 0.267 e. The summed E-state index contributed by atoms with van der Waals surface area (Å²) in [6.45, 7) is 9.99. The number of thioether (sulfide) groups is 1. The molecule has 0 spiro atoms. The maximum Gasteiger partial charge on any atom is 0.267 e. The van der Waals surface area contributed by atoms with E-state index in [0.717, 1.165) is 42.3 Å². The van der Waals surface area contributed by atoms with Gasteiger partial charge in [-0.3, -0.25) is 23.8 Å². The van der Waals surface area contributed by atoms with Crippen LogP contribution in [0.3, 0.4) is 0 Å². The van der Waals surface area contributed by atoms with Crippen molar-refractivity contribution in [3.05, 3.63) is 81.1 Å². The number of hydrogen-bond donors (Lipinski definition) is 0. The number of fused-ring (bicyclic) bond motifs is 2. The van der Waals surface area contributed by atoms with E-state index in [1.54, 1.807) is 22.7 Å². The second-order valence-corrected chi connectivity index (χ2v) is 11.3. The summed E-state index contributed by atoms with van der Waals surface area (Å²) in [6.07, 6.45) is 5.07. The lowest BCUT2D eigenvalue weighted by Crippen LogP contribution is -2.47. The van der Waals surface area contributed by atoms with Crippen LogP contribution in [0.5, 0.6) is 11.5 Å². The Balaban J connectivity index is 1.29. The lowest BCUT2D eigenvalue weighted by molar-refractivity contribution is -0.121. The van der Waals surface area contributed by atoms with Gasteiger partial charge in [-0.25, -0.2) is 4.98 Å². The van der Waals surface area contributed by atoms with Crippen molar-refractivity contribution in [3.8, 4) is 11.5 Å². The van der Waals surface area contributed by atoms with Gasteiger partial charge >= 0.3 is 0 Å². The Bertz CT molecular complexity index is 1590. The summed E-state index contributed by atoms with van der Waals surface area (Å²) in [5.41, 5.74) is 2.85. The van der Waals surface area contributed by atoms with Crippen molar-refractivity contribution < 1.29 is 14.3 Å². The molecular weight excluding hydrogens is 534 g/mol. The molecule has 11 heteroatoms. The van der Waals surface area contributed by atoms with Gasteiger partial charge in [0.25, 0.3) is 11.5 Å². The molecular formula is C28H27N5O4S2. The topological polar surface area (TPSA) is 79.6 Å². The van der Waals surface area contributed by atoms with E-state index in [2.05, 4.69) is 22.4 Å². The number of benzene rings is 1. The Labute approximate surface area is 235 Å². The third-order valence-electron chi connectivity index (χ3n) is 6.96. The second kappa shape index (κ2) is 10.5. The fourth-order valence-corrected chi connectivity index (χ4v) is 6.20. The number of carbonyl (C=O) groups excluding carboxylic acids is 1. The lowest BCUT2D eigenvalue weighted by Gasteiger charge is -2.36. The van der Waals surface area contributed by atoms with Crippen LogP contribution in [-0.4, -0.2) is 68.9 Å². The molecule has 2 aromatic heterocycles. The van der Waals surface area contributed by atoms with Crippen LogP contribution in [-0.2, 0) is 11.3 Å². The minimum atomic E-state index is -0.224. The first kappa shape index (κ1) is 25.6. The van der Waals surface area contributed by atoms with Crippen molar-refractivity contribution in [3.63, 3.8) is 0 Å². The molecule has 0 aliphatic carbocycles. The Kier molecular flexibility index (Phi) is 6.88. The quantitative estimate of drug-likeness (QED) is 0.256. The Morgan fingerprint density at radius 1 is 1.10 bits per heavy atom. The maximum absolute atomic E-state index is 13.8. The molecule has 0 radical (unpaired) electrons. The molecule has 0 bridgehead atoms. The van der Waals surface area contributed by atoms with Crippen LogP contribution in [0.4, 0.5) is 5.82 Å². The van der Waals surface area contributed by atoms with E-state index in [4.69, 9.17) is 26.7 Å².